The molecule has 0 radical (unpaired) electrons. The summed E-state index contributed by atoms with van der Waals surface area (Å²) in [5.74, 6) is 0. The number of hydrogen-bond acceptors (Lipinski definition) is 1. The van der Waals surface area contributed by atoms with E-state index in [-0.39, 0.29) is 0 Å². The van der Waals surface area contributed by atoms with E-state index >= 15 is 0 Å². The molecule has 0 aromatic rings. The van der Waals surface area contributed by atoms with E-state index in [4.69, 9.17) is 0 Å². The first-order chi connectivity index (χ1) is 4.86. The lowest BCUT2D eigenvalue weighted by Crippen LogP contribution is -2.20. The third-order valence-electron chi connectivity index (χ3n) is 1.36. The average Bonchev–Trinajstić information content (AvgIpc) is 2.05. The smallest absolute Gasteiger partial charge is 0.0734 e. The molecule has 0 fully saturated rings. The Bertz CT molecular complexity index is 163. The van der Waals surface area contributed by atoms with Gasteiger partial charge in [0, 0.05) is 18.1 Å². The molecule has 0 amide bonds. The Morgan fingerprint density at radius 1 is 1.50 bits per heavy atom. The lowest BCUT2D eigenvalue weighted by Gasteiger charge is -2.20. The summed E-state index contributed by atoms with van der Waals surface area (Å²) < 4.78 is 0. The van der Waals surface area contributed by atoms with Gasteiger partial charge in [-0.05, 0) is 11.6 Å². The molecule has 56 valence electrons. The van der Waals surface area contributed by atoms with E-state index in [9.17, 15) is 0 Å². The molecule has 0 N–H and O–H groups in total. The Morgan fingerprint density at radius 3 is 2.90 bits per heavy atom. The van der Waals surface area contributed by atoms with Crippen molar-refractivity contribution in [1.29, 1.82) is 0 Å². The summed E-state index contributed by atoms with van der Waals surface area (Å²) in [5, 5.41) is 0.973. The van der Waals surface area contributed by atoms with Crippen molar-refractivity contribution >= 4 is 31.9 Å². The van der Waals surface area contributed by atoms with E-state index in [1.807, 2.05) is 0 Å². The van der Waals surface area contributed by atoms with Gasteiger partial charge in [-0.15, -0.1) is 0 Å². The molecule has 0 aromatic carbocycles. The Morgan fingerprint density at radius 2 is 2.30 bits per heavy atom. The summed E-state index contributed by atoms with van der Waals surface area (Å²) in [6.45, 7) is 1.03. The van der Waals surface area contributed by atoms with Crippen LogP contribution in [-0.4, -0.2) is 22.2 Å². The summed E-state index contributed by atoms with van der Waals surface area (Å²) >= 11 is 6.82. The first kappa shape index (κ1) is 8.34. The molecule has 0 unspecified atom stereocenters. The average molecular weight is 267 g/mol. The zero-order valence-corrected chi connectivity index (χ0v) is 8.73. The highest BCUT2D eigenvalue weighted by Gasteiger charge is 2.03. The van der Waals surface area contributed by atoms with Crippen molar-refractivity contribution in [3.05, 3.63) is 23.9 Å². The quantitative estimate of drug-likeness (QED) is 0.548. The van der Waals surface area contributed by atoms with Crippen molar-refractivity contribution in [2.75, 3.05) is 17.3 Å². The highest BCUT2D eigenvalue weighted by atomic mass is 79.9. The highest BCUT2D eigenvalue weighted by Crippen LogP contribution is 2.10. The van der Waals surface area contributed by atoms with Crippen LogP contribution in [0.3, 0.4) is 0 Å². The molecule has 1 aliphatic rings. The van der Waals surface area contributed by atoms with Crippen LogP contribution in [0.4, 0.5) is 0 Å². The van der Waals surface area contributed by atoms with Gasteiger partial charge in [0.05, 0.1) is 5.45 Å². The van der Waals surface area contributed by atoms with Gasteiger partial charge in [0.25, 0.3) is 0 Å². The minimum atomic E-state index is 0.911. The first-order valence-corrected chi connectivity index (χ1v) is 5.33. The summed E-state index contributed by atoms with van der Waals surface area (Å²) in [7, 11) is 0. The molecule has 0 spiro atoms. The number of rotatable bonds is 2. The van der Waals surface area contributed by atoms with Gasteiger partial charge in [0.2, 0.25) is 0 Å². The maximum absolute atomic E-state index is 3.42. The monoisotopic (exact) mass is 265 g/mol. The fourth-order valence-corrected chi connectivity index (χ4v) is 1.54. The van der Waals surface area contributed by atoms with Crippen LogP contribution in [0.1, 0.15) is 0 Å². The zero-order valence-electron chi connectivity index (χ0n) is 5.56. The lowest BCUT2D eigenvalue weighted by atomic mass is 10.2. The molecule has 0 saturated heterocycles. The highest BCUT2D eigenvalue weighted by molar-refractivity contribution is 9.09. The van der Waals surface area contributed by atoms with Crippen molar-refractivity contribution in [3.8, 4) is 0 Å². The van der Waals surface area contributed by atoms with Gasteiger partial charge in [0.1, 0.15) is 0 Å². The Hall–Kier alpha value is 0.240. The van der Waals surface area contributed by atoms with Gasteiger partial charge >= 0.3 is 0 Å². The van der Waals surface area contributed by atoms with Crippen molar-refractivity contribution in [2.45, 2.75) is 0 Å². The molecule has 0 atom stereocenters. The van der Waals surface area contributed by atoms with E-state index in [1.54, 1.807) is 0 Å². The number of alkyl halides is 2. The van der Waals surface area contributed by atoms with Crippen LogP contribution in [0.25, 0.3) is 0 Å². The third kappa shape index (κ3) is 2.13. The molecule has 1 rings (SSSR count). The van der Waals surface area contributed by atoms with Gasteiger partial charge in [-0.1, -0.05) is 37.9 Å². The molecule has 1 nitrogen and oxygen atoms in total. The Kier molecular flexibility index (Phi) is 3.49. The van der Waals surface area contributed by atoms with E-state index in [2.05, 4.69) is 55.1 Å². The molecule has 0 saturated carbocycles. The summed E-state index contributed by atoms with van der Waals surface area (Å²) in [4.78, 5) is 2.20. The zero-order chi connectivity index (χ0) is 7.40. The first-order valence-electron chi connectivity index (χ1n) is 3.09. The standard InChI is InChI=1S/C7H9Br2N/c8-4-7-2-1-3-10(5-7)6-9/h1-3H,4-6H2. The summed E-state index contributed by atoms with van der Waals surface area (Å²) in [5.41, 5.74) is 2.33. The normalized spacial score (nSPS) is 17.4. The summed E-state index contributed by atoms with van der Waals surface area (Å²) in [6.07, 6.45) is 6.30. The molecule has 0 bridgehead atoms. The van der Waals surface area contributed by atoms with Crippen LogP contribution in [0.5, 0.6) is 0 Å². The van der Waals surface area contributed by atoms with Gasteiger partial charge in [-0.2, -0.15) is 0 Å². The van der Waals surface area contributed by atoms with E-state index in [1.165, 1.54) is 5.57 Å². The third-order valence-corrected chi connectivity index (χ3v) is 2.72. The fourth-order valence-electron chi connectivity index (χ4n) is 0.836. The maximum atomic E-state index is 3.42. The van der Waals surface area contributed by atoms with Crippen LogP contribution in [-0.2, 0) is 0 Å². The number of allylic oxidation sites excluding steroid dienone is 2. The van der Waals surface area contributed by atoms with Gasteiger partial charge in [-0.25, -0.2) is 0 Å². The minimum Gasteiger partial charge on any atom is -0.364 e. The molecule has 0 aromatic heterocycles. The van der Waals surface area contributed by atoms with Crippen molar-refractivity contribution < 1.29 is 0 Å². The van der Waals surface area contributed by atoms with Crippen molar-refractivity contribution in [1.82, 2.24) is 4.90 Å². The van der Waals surface area contributed by atoms with Gasteiger partial charge in [-0.3, -0.25) is 0 Å². The van der Waals surface area contributed by atoms with Crippen LogP contribution in [0.2, 0.25) is 0 Å². The van der Waals surface area contributed by atoms with Crippen LogP contribution < -0.4 is 0 Å². The molecule has 0 aliphatic carbocycles. The number of halogens is 2. The minimum absolute atomic E-state index is 0.911. The predicted molar refractivity (Wildman–Crippen MR) is 51.5 cm³/mol. The molecule has 1 aliphatic heterocycles. The topological polar surface area (TPSA) is 3.24 Å². The van der Waals surface area contributed by atoms with Crippen LogP contribution in [0.15, 0.2) is 23.9 Å². The van der Waals surface area contributed by atoms with Crippen molar-refractivity contribution in [3.63, 3.8) is 0 Å². The van der Waals surface area contributed by atoms with Crippen LogP contribution >= 0.6 is 31.9 Å². The van der Waals surface area contributed by atoms with Crippen molar-refractivity contribution in [2.24, 2.45) is 0 Å². The lowest BCUT2D eigenvalue weighted by molar-refractivity contribution is 0.478. The predicted octanol–water partition coefficient (Wildman–Crippen LogP) is 2.49. The summed E-state index contributed by atoms with van der Waals surface area (Å²) in [6, 6.07) is 0. The fraction of sp³-hybridized carbons (Fsp3) is 0.429. The second-order valence-corrected chi connectivity index (χ2v) is 3.23. The van der Waals surface area contributed by atoms with Gasteiger partial charge < -0.3 is 4.90 Å². The molecule has 3 heteroatoms. The molecular formula is C7H9Br2N. The molecule has 1 heterocycles. The number of nitrogens with zero attached hydrogens (tertiary/aromatic N) is 1. The molecular weight excluding hydrogens is 258 g/mol. The second-order valence-electron chi connectivity index (χ2n) is 2.17. The number of hydrogen-bond donors (Lipinski definition) is 0. The second kappa shape index (κ2) is 4.19. The Labute approximate surface area is 78.0 Å². The van der Waals surface area contributed by atoms with E-state index in [0.717, 1.165) is 17.3 Å². The SMILES string of the molecule is BrCC1=CC=CN(CBr)C1. The van der Waals surface area contributed by atoms with Gasteiger partial charge in [0.15, 0.2) is 0 Å². The van der Waals surface area contributed by atoms with E-state index in [0.29, 0.717) is 0 Å². The van der Waals surface area contributed by atoms with E-state index < -0.39 is 0 Å². The largest absolute Gasteiger partial charge is 0.364 e. The maximum Gasteiger partial charge on any atom is 0.0734 e. The Balaban J connectivity index is 2.50. The molecule has 10 heavy (non-hydrogen) atoms. The van der Waals surface area contributed by atoms with Crippen LogP contribution in [0, 0.1) is 0 Å².